The smallest absolute Gasteiger partial charge is 0.0452 e. The van der Waals surface area contributed by atoms with Gasteiger partial charge in [-0.1, -0.05) is 43.1 Å². The molecule has 1 unspecified atom stereocenters. The number of nitrogens with two attached hydrogens (primary N) is 1. The Morgan fingerprint density at radius 3 is 2.25 bits per heavy atom. The van der Waals surface area contributed by atoms with Gasteiger partial charge >= 0.3 is 0 Å². The number of rotatable bonds is 5. The monoisotopic (exact) mass is 259 g/mol. The van der Waals surface area contributed by atoms with E-state index in [1.165, 1.54) is 0 Å². The Morgan fingerprint density at radius 2 is 1.75 bits per heavy atom. The van der Waals surface area contributed by atoms with Crippen LogP contribution in [0.2, 0.25) is 10.0 Å². The van der Waals surface area contributed by atoms with Gasteiger partial charge in [0.25, 0.3) is 0 Å². The minimum Gasteiger partial charge on any atom is -0.327 e. The zero-order valence-electron chi connectivity index (χ0n) is 9.84. The van der Waals surface area contributed by atoms with Crippen molar-refractivity contribution in [2.24, 2.45) is 11.7 Å². The maximum Gasteiger partial charge on any atom is 0.0452 e. The summed E-state index contributed by atoms with van der Waals surface area (Å²) >= 11 is 12.2. The quantitative estimate of drug-likeness (QED) is 0.839. The molecule has 0 aliphatic heterocycles. The number of halogens is 2. The first-order valence-electron chi connectivity index (χ1n) is 5.71. The number of hydrogen-bond acceptors (Lipinski definition) is 1. The van der Waals surface area contributed by atoms with Gasteiger partial charge < -0.3 is 5.73 Å². The summed E-state index contributed by atoms with van der Waals surface area (Å²) in [6.45, 7) is 4.29. The summed E-state index contributed by atoms with van der Waals surface area (Å²) in [5, 5.41) is 1.51. The summed E-state index contributed by atoms with van der Waals surface area (Å²) < 4.78 is 0. The zero-order valence-corrected chi connectivity index (χ0v) is 11.4. The molecule has 0 aliphatic carbocycles. The molecule has 0 radical (unpaired) electrons. The summed E-state index contributed by atoms with van der Waals surface area (Å²) in [5.41, 5.74) is 7.03. The van der Waals surface area contributed by atoms with Gasteiger partial charge in [0.1, 0.15) is 0 Å². The molecule has 0 aliphatic rings. The van der Waals surface area contributed by atoms with Crippen molar-refractivity contribution in [3.8, 4) is 0 Å². The fourth-order valence-corrected chi connectivity index (χ4v) is 2.21. The van der Waals surface area contributed by atoms with Crippen molar-refractivity contribution >= 4 is 23.2 Å². The standard InChI is InChI=1S/C13H19Cl2N/c1-9(2)13(16)8-3-5-10-11(14)6-4-7-12(10)15/h4,6-7,9,13H,3,5,8,16H2,1-2H3. The van der Waals surface area contributed by atoms with Crippen molar-refractivity contribution in [1.82, 2.24) is 0 Å². The molecule has 0 saturated heterocycles. The van der Waals surface area contributed by atoms with Crippen LogP contribution in [0.1, 0.15) is 32.3 Å². The molecule has 0 spiro atoms. The number of benzene rings is 1. The maximum absolute atomic E-state index is 6.09. The van der Waals surface area contributed by atoms with E-state index in [1.54, 1.807) is 0 Å². The molecule has 0 amide bonds. The van der Waals surface area contributed by atoms with Gasteiger partial charge in [-0.15, -0.1) is 0 Å². The molecule has 90 valence electrons. The van der Waals surface area contributed by atoms with Crippen LogP contribution in [0.15, 0.2) is 18.2 Å². The Bertz CT molecular complexity index is 316. The molecule has 2 N–H and O–H groups in total. The summed E-state index contributed by atoms with van der Waals surface area (Å²) in [5.74, 6) is 0.529. The molecule has 0 aromatic heterocycles. The lowest BCUT2D eigenvalue weighted by Crippen LogP contribution is -2.26. The van der Waals surface area contributed by atoms with Crippen LogP contribution in [0, 0.1) is 5.92 Å². The highest BCUT2D eigenvalue weighted by atomic mass is 35.5. The van der Waals surface area contributed by atoms with Crippen LogP contribution < -0.4 is 5.73 Å². The summed E-state index contributed by atoms with van der Waals surface area (Å²) in [4.78, 5) is 0. The molecule has 3 heteroatoms. The highest BCUT2D eigenvalue weighted by Gasteiger charge is 2.09. The van der Waals surface area contributed by atoms with Gasteiger partial charge in [0, 0.05) is 16.1 Å². The van der Waals surface area contributed by atoms with Crippen molar-refractivity contribution < 1.29 is 0 Å². The van der Waals surface area contributed by atoms with Gasteiger partial charge in [-0.3, -0.25) is 0 Å². The predicted molar refractivity (Wildman–Crippen MR) is 72.2 cm³/mol. The SMILES string of the molecule is CC(C)C(N)CCCc1c(Cl)cccc1Cl. The molecule has 1 aromatic carbocycles. The second kappa shape index (κ2) is 6.48. The molecule has 1 nitrogen and oxygen atoms in total. The third kappa shape index (κ3) is 3.97. The molecular weight excluding hydrogens is 241 g/mol. The largest absolute Gasteiger partial charge is 0.327 e. The van der Waals surface area contributed by atoms with E-state index in [0.717, 1.165) is 34.9 Å². The fourth-order valence-electron chi connectivity index (χ4n) is 1.62. The topological polar surface area (TPSA) is 26.0 Å². The summed E-state index contributed by atoms with van der Waals surface area (Å²) in [6.07, 6.45) is 2.95. The lowest BCUT2D eigenvalue weighted by Gasteiger charge is -2.15. The Kier molecular flexibility index (Phi) is 5.60. The average Bonchev–Trinajstić information content (AvgIpc) is 2.22. The molecule has 1 atom stereocenters. The lowest BCUT2D eigenvalue weighted by atomic mass is 9.98. The Morgan fingerprint density at radius 1 is 1.19 bits per heavy atom. The van der Waals surface area contributed by atoms with Gasteiger partial charge in [-0.05, 0) is 42.9 Å². The van der Waals surface area contributed by atoms with Crippen molar-refractivity contribution in [3.63, 3.8) is 0 Å². The van der Waals surface area contributed by atoms with Crippen LogP contribution in [0.3, 0.4) is 0 Å². The van der Waals surface area contributed by atoms with Crippen LogP contribution in [-0.2, 0) is 6.42 Å². The Hall–Kier alpha value is -0.240. The zero-order chi connectivity index (χ0) is 12.1. The molecule has 1 aromatic rings. The van der Waals surface area contributed by atoms with Crippen LogP contribution >= 0.6 is 23.2 Å². The van der Waals surface area contributed by atoms with E-state index < -0.39 is 0 Å². The van der Waals surface area contributed by atoms with Gasteiger partial charge in [-0.25, -0.2) is 0 Å². The van der Waals surface area contributed by atoms with E-state index in [4.69, 9.17) is 28.9 Å². The lowest BCUT2D eigenvalue weighted by molar-refractivity contribution is 0.452. The van der Waals surface area contributed by atoms with E-state index in [2.05, 4.69) is 13.8 Å². The number of hydrogen-bond donors (Lipinski definition) is 1. The van der Waals surface area contributed by atoms with Crippen LogP contribution in [0.4, 0.5) is 0 Å². The minimum atomic E-state index is 0.265. The molecule has 0 fully saturated rings. The van der Waals surface area contributed by atoms with Crippen molar-refractivity contribution in [1.29, 1.82) is 0 Å². The van der Waals surface area contributed by atoms with Crippen LogP contribution in [0.5, 0.6) is 0 Å². The molecule has 0 bridgehead atoms. The normalized spacial score (nSPS) is 13.1. The van der Waals surface area contributed by atoms with E-state index in [9.17, 15) is 0 Å². The summed E-state index contributed by atoms with van der Waals surface area (Å²) in [7, 11) is 0. The van der Waals surface area contributed by atoms with E-state index in [-0.39, 0.29) is 6.04 Å². The highest BCUT2D eigenvalue weighted by molar-refractivity contribution is 6.35. The van der Waals surface area contributed by atoms with E-state index >= 15 is 0 Å². The molecular formula is C13H19Cl2N. The third-order valence-electron chi connectivity index (χ3n) is 2.88. The van der Waals surface area contributed by atoms with Gasteiger partial charge in [0.05, 0.1) is 0 Å². The van der Waals surface area contributed by atoms with Crippen molar-refractivity contribution in [2.45, 2.75) is 39.2 Å². The Labute approximate surface area is 108 Å². The van der Waals surface area contributed by atoms with Crippen LogP contribution in [-0.4, -0.2) is 6.04 Å². The molecule has 0 saturated carbocycles. The summed E-state index contributed by atoms with van der Waals surface area (Å²) in [6, 6.07) is 5.89. The first-order valence-corrected chi connectivity index (χ1v) is 6.46. The second-order valence-corrected chi connectivity index (χ2v) is 5.31. The second-order valence-electron chi connectivity index (χ2n) is 4.50. The van der Waals surface area contributed by atoms with E-state index in [1.807, 2.05) is 18.2 Å². The molecule has 16 heavy (non-hydrogen) atoms. The highest BCUT2D eigenvalue weighted by Crippen LogP contribution is 2.26. The van der Waals surface area contributed by atoms with Crippen molar-refractivity contribution in [3.05, 3.63) is 33.8 Å². The molecule has 0 heterocycles. The predicted octanol–water partition coefficient (Wildman–Crippen LogP) is 4.30. The van der Waals surface area contributed by atoms with Crippen LogP contribution in [0.25, 0.3) is 0 Å². The fraction of sp³-hybridized carbons (Fsp3) is 0.538. The third-order valence-corrected chi connectivity index (χ3v) is 3.59. The van der Waals surface area contributed by atoms with E-state index in [0.29, 0.717) is 5.92 Å². The minimum absolute atomic E-state index is 0.265. The Balaban J connectivity index is 2.49. The maximum atomic E-state index is 6.09. The van der Waals surface area contributed by atoms with Gasteiger partial charge in [-0.2, -0.15) is 0 Å². The van der Waals surface area contributed by atoms with Gasteiger partial charge in [0.2, 0.25) is 0 Å². The van der Waals surface area contributed by atoms with Crippen molar-refractivity contribution in [2.75, 3.05) is 0 Å². The first kappa shape index (κ1) is 13.8. The average molecular weight is 260 g/mol. The first-order chi connectivity index (χ1) is 7.52. The molecule has 1 rings (SSSR count). The van der Waals surface area contributed by atoms with Gasteiger partial charge in [0.15, 0.2) is 0 Å².